The van der Waals surface area contributed by atoms with Gasteiger partial charge in [-0.15, -0.1) is 0 Å². The van der Waals surface area contributed by atoms with E-state index in [1.165, 1.54) is 0 Å². The second kappa shape index (κ2) is 8.02. The number of ether oxygens (including phenoxy) is 1. The monoisotopic (exact) mass is 404 g/mol. The Morgan fingerprint density at radius 1 is 1.00 bits per heavy atom. The Bertz CT molecular complexity index is 1140. The van der Waals surface area contributed by atoms with Gasteiger partial charge in [0.15, 0.2) is 0 Å². The Morgan fingerprint density at radius 3 is 2.41 bits per heavy atom. The molecule has 0 spiro atoms. The zero-order valence-corrected chi connectivity index (χ0v) is 17.0. The summed E-state index contributed by atoms with van der Waals surface area (Å²) >= 11 is 5.92. The third-order valence-corrected chi connectivity index (χ3v) is 5.08. The number of aryl methyl sites for hydroxylation is 2. The fourth-order valence-corrected chi connectivity index (χ4v) is 3.59. The van der Waals surface area contributed by atoms with Gasteiger partial charge >= 0.3 is 0 Å². The lowest BCUT2D eigenvalue weighted by molar-refractivity contribution is 0.304. The minimum Gasteiger partial charge on any atom is -0.507 e. The number of hydrogen-bond acceptors (Lipinski definition) is 3. The van der Waals surface area contributed by atoms with Crippen LogP contribution in [0, 0.1) is 6.92 Å². The van der Waals surface area contributed by atoms with Crippen LogP contribution in [0.5, 0.6) is 11.5 Å². The maximum atomic E-state index is 10.7. The number of benzene rings is 3. The summed E-state index contributed by atoms with van der Waals surface area (Å²) in [6.45, 7) is 2.38. The molecule has 0 aliphatic carbocycles. The highest BCUT2D eigenvalue weighted by atomic mass is 35.5. The van der Waals surface area contributed by atoms with Crippen LogP contribution < -0.4 is 4.74 Å². The summed E-state index contributed by atoms with van der Waals surface area (Å²) in [6.07, 6.45) is 0. The van der Waals surface area contributed by atoms with Gasteiger partial charge in [-0.05, 0) is 42.3 Å². The van der Waals surface area contributed by atoms with Gasteiger partial charge in [0.05, 0.1) is 11.4 Å². The lowest BCUT2D eigenvalue weighted by Gasteiger charge is -2.12. The minimum atomic E-state index is 0.152. The van der Waals surface area contributed by atoms with E-state index in [4.69, 9.17) is 16.3 Å². The number of phenols is 1. The Morgan fingerprint density at radius 2 is 1.72 bits per heavy atom. The maximum Gasteiger partial charge on any atom is 0.128 e. The van der Waals surface area contributed by atoms with E-state index in [9.17, 15) is 5.11 Å². The van der Waals surface area contributed by atoms with E-state index in [1.807, 2.05) is 80.7 Å². The van der Waals surface area contributed by atoms with Crippen molar-refractivity contribution in [1.82, 2.24) is 9.78 Å². The molecule has 0 radical (unpaired) electrons. The highest BCUT2D eigenvalue weighted by Gasteiger charge is 2.19. The first-order valence-electron chi connectivity index (χ1n) is 9.32. The zero-order valence-electron chi connectivity index (χ0n) is 16.3. The molecule has 4 aromatic rings. The van der Waals surface area contributed by atoms with E-state index in [0.29, 0.717) is 22.9 Å². The van der Waals surface area contributed by atoms with Crippen molar-refractivity contribution in [2.24, 2.45) is 7.05 Å². The van der Waals surface area contributed by atoms with Gasteiger partial charge in [0.1, 0.15) is 18.1 Å². The van der Waals surface area contributed by atoms with Gasteiger partial charge in [0.25, 0.3) is 0 Å². The molecule has 0 fully saturated rings. The highest BCUT2D eigenvalue weighted by molar-refractivity contribution is 6.30. The summed E-state index contributed by atoms with van der Waals surface area (Å²) in [5, 5.41) is 16.0. The predicted octanol–water partition coefficient (Wildman–Crippen LogP) is 6.00. The molecular weight excluding hydrogens is 384 g/mol. The predicted molar refractivity (Wildman–Crippen MR) is 116 cm³/mol. The molecule has 0 unspecified atom stereocenters. The van der Waals surface area contributed by atoms with E-state index in [2.05, 4.69) is 5.10 Å². The van der Waals surface area contributed by atoms with Crippen molar-refractivity contribution in [1.29, 1.82) is 0 Å². The zero-order chi connectivity index (χ0) is 20.4. The van der Waals surface area contributed by atoms with Crippen LogP contribution in [0.1, 0.15) is 11.3 Å². The standard InChI is InChI=1S/C24H21ClN2O2/c1-16-23(18-6-4-3-5-7-18)24(27(2)26-16)21-13-12-20(14-22(21)28)29-15-17-8-10-19(25)11-9-17/h3-14,28H,15H2,1-2H3. The maximum absolute atomic E-state index is 10.7. The lowest BCUT2D eigenvalue weighted by atomic mass is 9.98. The average Bonchev–Trinajstić information content (AvgIpc) is 3.02. The SMILES string of the molecule is Cc1nn(C)c(-c2ccc(OCc3ccc(Cl)cc3)cc2O)c1-c1ccccc1. The first-order chi connectivity index (χ1) is 14.0. The first-order valence-corrected chi connectivity index (χ1v) is 9.70. The second-order valence-electron chi connectivity index (χ2n) is 6.89. The number of rotatable bonds is 5. The summed E-state index contributed by atoms with van der Waals surface area (Å²) in [5.74, 6) is 0.750. The first kappa shape index (κ1) is 19.1. The summed E-state index contributed by atoms with van der Waals surface area (Å²) in [6, 6.07) is 23.0. The molecule has 4 nitrogen and oxygen atoms in total. The Hall–Kier alpha value is -3.24. The molecule has 5 heteroatoms. The minimum absolute atomic E-state index is 0.152. The van der Waals surface area contributed by atoms with Crippen molar-refractivity contribution in [3.8, 4) is 33.9 Å². The molecule has 0 atom stereocenters. The normalized spacial score (nSPS) is 10.9. The van der Waals surface area contributed by atoms with Crippen molar-refractivity contribution in [3.63, 3.8) is 0 Å². The topological polar surface area (TPSA) is 47.3 Å². The molecule has 29 heavy (non-hydrogen) atoms. The molecular formula is C24H21ClN2O2. The van der Waals surface area contributed by atoms with Crippen molar-refractivity contribution in [2.75, 3.05) is 0 Å². The average molecular weight is 405 g/mol. The highest BCUT2D eigenvalue weighted by Crippen LogP contribution is 2.39. The van der Waals surface area contributed by atoms with E-state index in [-0.39, 0.29) is 5.75 Å². The summed E-state index contributed by atoms with van der Waals surface area (Å²) in [4.78, 5) is 0. The van der Waals surface area contributed by atoms with Crippen LogP contribution >= 0.6 is 11.6 Å². The van der Waals surface area contributed by atoms with Gasteiger partial charge in [0, 0.05) is 29.3 Å². The van der Waals surface area contributed by atoms with Crippen LogP contribution in [0.3, 0.4) is 0 Å². The quantitative estimate of drug-likeness (QED) is 0.443. The van der Waals surface area contributed by atoms with Crippen molar-refractivity contribution in [2.45, 2.75) is 13.5 Å². The van der Waals surface area contributed by atoms with Gasteiger partial charge in [-0.2, -0.15) is 5.10 Å². The van der Waals surface area contributed by atoms with Crippen LogP contribution in [-0.2, 0) is 13.7 Å². The molecule has 1 heterocycles. The van der Waals surface area contributed by atoms with Gasteiger partial charge in [-0.25, -0.2) is 0 Å². The van der Waals surface area contributed by atoms with Crippen molar-refractivity contribution >= 4 is 11.6 Å². The van der Waals surface area contributed by atoms with E-state index in [0.717, 1.165) is 28.1 Å². The molecule has 0 saturated heterocycles. The molecule has 3 aromatic carbocycles. The van der Waals surface area contributed by atoms with Gasteiger partial charge < -0.3 is 9.84 Å². The van der Waals surface area contributed by atoms with E-state index >= 15 is 0 Å². The summed E-state index contributed by atoms with van der Waals surface area (Å²) < 4.78 is 7.63. The largest absolute Gasteiger partial charge is 0.507 e. The number of halogens is 1. The number of aromatic hydroxyl groups is 1. The fourth-order valence-electron chi connectivity index (χ4n) is 3.47. The molecule has 1 aromatic heterocycles. The molecule has 0 bridgehead atoms. The molecule has 1 N–H and O–H groups in total. The molecule has 146 valence electrons. The fraction of sp³-hybridized carbons (Fsp3) is 0.125. The molecule has 0 aliphatic heterocycles. The molecule has 0 amide bonds. The van der Waals surface area contributed by atoms with Crippen LogP contribution in [0.4, 0.5) is 0 Å². The summed E-state index contributed by atoms with van der Waals surface area (Å²) in [5.41, 5.74) is 5.58. The number of aromatic nitrogens is 2. The molecule has 0 aliphatic rings. The third kappa shape index (κ3) is 3.98. The van der Waals surface area contributed by atoms with E-state index in [1.54, 1.807) is 10.7 Å². The second-order valence-corrected chi connectivity index (χ2v) is 7.33. The van der Waals surface area contributed by atoms with Gasteiger partial charge in [0.2, 0.25) is 0 Å². The van der Waals surface area contributed by atoms with Crippen molar-refractivity contribution in [3.05, 3.63) is 89.1 Å². The van der Waals surface area contributed by atoms with Crippen LogP contribution in [-0.4, -0.2) is 14.9 Å². The lowest BCUT2D eigenvalue weighted by Crippen LogP contribution is -1.97. The van der Waals surface area contributed by atoms with Gasteiger partial charge in [-0.3, -0.25) is 4.68 Å². The van der Waals surface area contributed by atoms with E-state index < -0.39 is 0 Å². The van der Waals surface area contributed by atoms with Crippen molar-refractivity contribution < 1.29 is 9.84 Å². The Balaban J connectivity index is 1.64. The van der Waals surface area contributed by atoms with Gasteiger partial charge in [-0.1, -0.05) is 54.1 Å². The van der Waals surface area contributed by atoms with Crippen LogP contribution in [0.15, 0.2) is 72.8 Å². The Kier molecular flexibility index (Phi) is 5.28. The smallest absolute Gasteiger partial charge is 0.128 e. The van der Waals surface area contributed by atoms with Crippen LogP contribution in [0.25, 0.3) is 22.4 Å². The van der Waals surface area contributed by atoms with Crippen LogP contribution in [0.2, 0.25) is 5.02 Å². The third-order valence-electron chi connectivity index (χ3n) is 4.83. The summed E-state index contributed by atoms with van der Waals surface area (Å²) in [7, 11) is 1.89. The molecule has 4 rings (SSSR count). The number of hydrogen-bond donors (Lipinski definition) is 1. The number of nitrogens with zero attached hydrogens (tertiary/aromatic N) is 2. The Labute approximate surface area is 175 Å². The molecule has 0 saturated carbocycles. The number of phenolic OH excluding ortho intramolecular Hbond substituents is 1.